The molecule has 0 spiro atoms. The third-order valence-electron chi connectivity index (χ3n) is 2.18. The number of methoxy groups -OCH3 is 1. The predicted octanol–water partition coefficient (Wildman–Crippen LogP) is 1.45. The van der Waals surface area contributed by atoms with Crippen molar-refractivity contribution in [1.82, 2.24) is 9.55 Å². The second kappa shape index (κ2) is 3.04. The van der Waals surface area contributed by atoms with Gasteiger partial charge in [-0.25, -0.2) is 4.98 Å². The molecule has 0 aromatic carbocycles. The summed E-state index contributed by atoms with van der Waals surface area (Å²) >= 11 is 0. The number of hydrogen-bond acceptors (Lipinski definition) is 3. The van der Waals surface area contributed by atoms with Crippen LogP contribution >= 0.6 is 0 Å². The van der Waals surface area contributed by atoms with E-state index < -0.39 is 0 Å². The highest BCUT2D eigenvalue weighted by molar-refractivity contribution is 5.90. The summed E-state index contributed by atoms with van der Waals surface area (Å²) < 4.78 is 6.99. The fraction of sp³-hybridized carbons (Fsp3) is 0.200. The highest BCUT2D eigenvalue weighted by Crippen LogP contribution is 2.27. The van der Waals surface area contributed by atoms with Gasteiger partial charge < -0.3 is 9.30 Å². The van der Waals surface area contributed by atoms with Crippen molar-refractivity contribution >= 4 is 10.9 Å². The van der Waals surface area contributed by atoms with Crippen LogP contribution in [-0.2, 0) is 7.05 Å². The van der Waals surface area contributed by atoms with Crippen LogP contribution in [0.15, 0.2) is 18.5 Å². The molecule has 14 heavy (non-hydrogen) atoms. The van der Waals surface area contributed by atoms with E-state index in [1.807, 2.05) is 17.7 Å². The van der Waals surface area contributed by atoms with Crippen LogP contribution in [-0.4, -0.2) is 16.7 Å². The Morgan fingerprint density at radius 1 is 1.57 bits per heavy atom. The molecule has 2 rings (SSSR count). The number of nitriles is 1. The van der Waals surface area contributed by atoms with Crippen LogP contribution in [0.2, 0.25) is 0 Å². The van der Waals surface area contributed by atoms with Crippen molar-refractivity contribution in [2.75, 3.05) is 7.11 Å². The maximum absolute atomic E-state index is 8.92. The Balaban J connectivity index is 2.91. The third kappa shape index (κ3) is 1.03. The molecule has 4 heteroatoms. The number of fused-ring (bicyclic) bond motifs is 1. The van der Waals surface area contributed by atoms with Gasteiger partial charge in [0, 0.05) is 19.4 Å². The van der Waals surface area contributed by atoms with Gasteiger partial charge in [-0.3, -0.25) is 0 Å². The van der Waals surface area contributed by atoms with Crippen LogP contribution in [0.1, 0.15) is 5.56 Å². The number of pyridine rings is 1. The first-order valence-corrected chi connectivity index (χ1v) is 4.16. The summed E-state index contributed by atoms with van der Waals surface area (Å²) in [5.74, 6) is 0.500. The fourth-order valence-corrected chi connectivity index (χ4v) is 1.55. The van der Waals surface area contributed by atoms with Crippen molar-refractivity contribution < 1.29 is 4.74 Å². The molecular weight excluding hydrogens is 178 g/mol. The maximum Gasteiger partial charge on any atom is 0.223 e. The SMILES string of the molecule is COc1nccc2c1c(C#N)cn2C. The number of hydrogen-bond donors (Lipinski definition) is 0. The van der Waals surface area contributed by atoms with Gasteiger partial charge >= 0.3 is 0 Å². The van der Waals surface area contributed by atoms with Gasteiger partial charge in [-0.1, -0.05) is 0 Å². The molecule has 4 nitrogen and oxygen atoms in total. The lowest BCUT2D eigenvalue weighted by molar-refractivity contribution is 0.403. The molecule has 0 unspecified atom stereocenters. The number of nitrogens with zero attached hydrogens (tertiary/aromatic N) is 3. The van der Waals surface area contributed by atoms with E-state index in [0.29, 0.717) is 11.4 Å². The molecule has 0 aliphatic heterocycles. The van der Waals surface area contributed by atoms with Gasteiger partial charge in [0.2, 0.25) is 5.88 Å². The lowest BCUT2D eigenvalue weighted by Crippen LogP contribution is -1.89. The Kier molecular flexibility index (Phi) is 1.86. The first kappa shape index (κ1) is 8.57. The lowest BCUT2D eigenvalue weighted by Gasteiger charge is -2.00. The van der Waals surface area contributed by atoms with Crippen molar-refractivity contribution in [3.63, 3.8) is 0 Å². The molecule has 0 aliphatic rings. The van der Waals surface area contributed by atoms with Crippen molar-refractivity contribution in [2.24, 2.45) is 7.05 Å². The van der Waals surface area contributed by atoms with Crippen LogP contribution < -0.4 is 4.74 Å². The van der Waals surface area contributed by atoms with Gasteiger partial charge in [0.1, 0.15) is 6.07 Å². The molecule has 0 fully saturated rings. The van der Waals surface area contributed by atoms with Crippen LogP contribution in [0.3, 0.4) is 0 Å². The summed E-state index contributed by atoms with van der Waals surface area (Å²) in [5, 5.41) is 9.70. The summed E-state index contributed by atoms with van der Waals surface area (Å²) in [6, 6.07) is 3.98. The zero-order valence-electron chi connectivity index (χ0n) is 7.98. The van der Waals surface area contributed by atoms with Crippen molar-refractivity contribution in [1.29, 1.82) is 5.26 Å². The van der Waals surface area contributed by atoms with E-state index in [-0.39, 0.29) is 0 Å². The third-order valence-corrected chi connectivity index (χ3v) is 2.18. The van der Waals surface area contributed by atoms with E-state index in [0.717, 1.165) is 10.9 Å². The van der Waals surface area contributed by atoms with Crippen LogP contribution in [0.25, 0.3) is 10.9 Å². The predicted molar refractivity (Wildman–Crippen MR) is 52.0 cm³/mol. The fourth-order valence-electron chi connectivity index (χ4n) is 1.55. The quantitative estimate of drug-likeness (QED) is 0.679. The van der Waals surface area contributed by atoms with Gasteiger partial charge in [0.05, 0.1) is 23.6 Å². The molecule has 0 N–H and O–H groups in total. The summed E-state index contributed by atoms with van der Waals surface area (Å²) in [4.78, 5) is 4.06. The topological polar surface area (TPSA) is 50.8 Å². The average molecular weight is 187 g/mol. The van der Waals surface area contributed by atoms with E-state index in [9.17, 15) is 0 Å². The Hall–Kier alpha value is -2.02. The Labute approximate surface area is 81.4 Å². The van der Waals surface area contributed by atoms with Gasteiger partial charge in [0.25, 0.3) is 0 Å². The Bertz CT molecular complexity index is 522. The minimum absolute atomic E-state index is 0.500. The molecule has 0 saturated carbocycles. The summed E-state index contributed by atoms with van der Waals surface area (Å²) in [6.07, 6.45) is 3.44. The summed E-state index contributed by atoms with van der Waals surface area (Å²) in [7, 11) is 3.44. The highest BCUT2D eigenvalue weighted by Gasteiger charge is 2.11. The molecule has 0 amide bonds. The Morgan fingerprint density at radius 3 is 3.00 bits per heavy atom. The molecule has 0 saturated heterocycles. The lowest BCUT2D eigenvalue weighted by atomic mass is 10.2. The molecule has 2 aromatic heterocycles. The minimum atomic E-state index is 0.500. The largest absolute Gasteiger partial charge is 0.480 e. The smallest absolute Gasteiger partial charge is 0.223 e. The van der Waals surface area contributed by atoms with E-state index in [4.69, 9.17) is 10.00 Å². The number of aromatic nitrogens is 2. The van der Waals surface area contributed by atoms with Gasteiger partial charge in [-0.2, -0.15) is 5.26 Å². The molecule has 0 atom stereocenters. The second-order valence-electron chi connectivity index (χ2n) is 2.98. The monoisotopic (exact) mass is 187 g/mol. The van der Waals surface area contributed by atoms with Gasteiger partial charge in [0.15, 0.2) is 0 Å². The standard InChI is InChI=1S/C10H9N3O/c1-13-6-7(5-11)9-8(13)3-4-12-10(9)14-2/h3-4,6H,1-2H3. The molecule has 2 aromatic rings. The van der Waals surface area contributed by atoms with E-state index >= 15 is 0 Å². The maximum atomic E-state index is 8.92. The molecular formula is C10H9N3O. The number of ether oxygens (including phenoxy) is 1. The molecule has 0 bridgehead atoms. The second-order valence-corrected chi connectivity index (χ2v) is 2.98. The van der Waals surface area contributed by atoms with Crippen LogP contribution in [0.4, 0.5) is 0 Å². The zero-order valence-corrected chi connectivity index (χ0v) is 7.98. The minimum Gasteiger partial charge on any atom is -0.480 e. The molecule has 70 valence electrons. The van der Waals surface area contributed by atoms with Crippen molar-refractivity contribution in [3.8, 4) is 11.9 Å². The summed E-state index contributed by atoms with van der Waals surface area (Å²) in [5.41, 5.74) is 1.54. The van der Waals surface area contributed by atoms with Gasteiger partial charge in [-0.15, -0.1) is 0 Å². The van der Waals surface area contributed by atoms with Crippen molar-refractivity contribution in [3.05, 3.63) is 24.0 Å². The number of rotatable bonds is 1. The number of aryl methyl sites for hydroxylation is 1. The first-order chi connectivity index (χ1) is 6.77. The first-order valence-electron chi connectivity index (χ1n) is 4.16. The summed E-state index contributed by atoms with van der Waals surface area (Å²) in [6.45, 7) is 0. The van der Waals surface area contributed by atoms with Crippen LogP contribution in [0, 0.1) is 11.3 Å². The van der Waals surface area contributed by atoms with Gasteiger partial charge in [-0.05, 0) is 6.07 Å². The van der Waals surface area contributed by atoms with Crippen LogP contribution in [0.5, 0.6) is 5.88 Å². The normalized spacial score (nSPS) is 10.1. The average Bonchev–Trinajstić information content (AvgIpc) is 2.56. The molecule has 0 aliphatic carbocycles. The zero-order chi connectivity index (χ0) is 10.1. The van der Waals surface area contributed by atoms with E-state index in [1.54, 1.807) is 19.5 Å². The van der Waals surface area contributed by atoms with Crippen molar-refractivity contribution in [2.45, 2.75) is 0 Å². The molecule has 0 radical (unpaired) electrons. The van der Waals surface area contributed by atoms with E-state index in [2.05, 4.69) is 11.1 Å². The van der Waals surface area contributed by atoms with E-state index in [1.165, 1.54) is 0 Å². The Morgan fingerprint density at radius 2 is 2.36 bits per heavy atom. The molecule has 2 heterocycles. The highest BCUT2D eigenvalue weighted by atomic mass is 16.5.